The molecule has 3 rings (SSSR count). The molecule has 6 nitrogen and oxygen atoms in total. The number of carbonyl (C=O) groups is 1. The Labute approximate surface area is 142 Å². The van der Waals surface area contributed by atoms with Crippen LogP contribution in [0.1, 0.15) is 33.8 Å². The third-order valence-corrected chi connectivity index (χ3v) is 4.84. The number of hydrogen-bond acceptors (Lipinski definition) is 6. The molecule has 0 aliphatic heterocycles. The molecule has 24 heavy (non-hydrogen) atoms. The maximum atomic E-state index is 12.6. The second-order valence-electron chi connectivity index (χ2n) is 5.34. The van der Waals surface area contributed by atoms with Gasteiger partial charge in [0, 0.05) is 5.39 Å². The van der Waals surface area contributed by atoms with Gasteiger partial charge in [0.2, 0.25) is 0 Å². The Morgan fingerprint density at radius 3 is 2.71 bits per heavy atom. The van der Waals surface area contributed by atoms with Crippen LogP contribution in [0.4, 0.5) is 11.5 Å². The number of nitrogens with one attached hydrogen (secondary N) is 1. The van der Waals surface area contributed by atoms with Gasteiger partial charge < -0.3 is 16.8 Å². The molecule has 0 radical (unpaired) electrons. The summed E-state index contributed by atoms with van der Waals surface area (Å²) in [5, 5.41) is 12.5. The first-order valence-corrected chi connectivity index (χ1v) is 8.07. The van der Waals surface area contributed by atoms with Gasteiger partial charge in [0.1, 0.15) is 21.6 Å². The normalized spacial score (nSPS) is 11.8. The molecule has 0 saturated heterocycles. The van der Waals surface area contributed by atoms with E-state index in [1.54, 1.807) is 6.07 Å². The van der Waals surface area contributed by atoms with Gasteiger partial charge in [-0.15, -0.1) is 11.3 Å². The Bertz CT molecular complexity index is 959. The lowest BCUT2D eigenvalue weighted by Crippen LogP contribution is -2.26. The van der Waals surface area contributed by atoms with Crippen LogP contribution >= 0.6 is 11.3 Å². The zero-order valence-electron chi connectivity index (χ0n) is 12.9. The minimum absolute atomic E-state index is 0.135. The van der Waals surface area contributed by atoms with Crippen molar-refractivity contribution in [3.8, 4) is 6.07 Å². The molecule has 120 valence electrons. The van der Waals surface area contributed by atoms with Gasteiger partial charge >= 0.3 is 0 Å². The van der Waals surface area contributed by atoms with Crippen LogP contribution < -0.4 is 16.8 Å². The maximum Gasteiger partial charge on any atom is 0.264 e. The first-order chi connectivity index (χ1) is 11.5. The minimum Gasteiger partial charge on any atom is -0.397 e. The standard InChI is InChI=1S/C17H15N5OS/c1-9(10-5-3-2-4-6-10)21-16(23)14-13(19)12-7-11(8-18)15(20)22-17(12)24-14/h2-7,9H,19H2,1H3,(H2,20,22)(H,21,23)/t9-/m1/s1. The number of aromatic nitrogens is 1. The van der Waals surface area contributed by atoms with Gasteiger partial charge in [-0.1, -0.05) is 30.3 Å². The highest BCUT2D eigenvalue weighted by molar-refractivity contribution is 7.21. The lowest BCUT2D eigenvalue weighted by atomic mass is 10.1. The van der Waals surface area contributed by atoms with Crippen molar-refractivity contribution in [3.63, 3.8) is 0 Å². The summed E-state index contributed by atoms with van der Waals surface area (Å²) in [6, 6.07) is 13.0. The van der Waals surface area contributed by atoms with Crippen LogP contribution in [0.25, 0.3) is 10.2 Å². The van der Waals surface area contributed by atoms with E-state index in [9.17, 15) is 4.79 Å². The molecular formula is C17H15N5OS. The molecule has 2 heterocycles. The Morgan fingerprint density at radius 1 is 1.33 bits per heavy atom. The van der Waals surface area contributed by atoms with Crippen molar-refractivity contribution >= 4 is 39.0 Å². The number of amides is 1. The van der Waals surface area contributed by atoms with E-state index in [4.69, 9.17) is 16.7 Å². The molecule has 5 N–H and O–H groups in total. The van der Waals surface area contributed by atoms with Crippen molar-refractivity contribution in [1.29, 1.82) is 5.26 Å². The van der Waals surface area contributed by atoms with E-state index in [0.29, 0.717) is 20.8 Å². The molecule has 0 unspecified atom stereocenters. The fourth-order valence-corrected chi connectivity index (χ4v) is 3.39. The van der Waals surface area contributed by atoms with E-state index in [2.05, 4.69) is 10.3 Å². The lowest BCUT2D eigenvalue weighted by molar-refractivity contribution is 0.0945. The predicted octanol–water partition coefficient (Wildman–Crippen LogP) is 2.82. The van der Waals surface area contributed by atoms with Gasteiger partial charge in [0.05, 0.1) is 17.3 Å². The average Bonchev–Trinajstić information content (AvgIpc) is 2.90. The third kappa shape index (κ3) is 2.75. The van der Waals surface area contributed by atoms with Gasteiger partial charge in [-0.05, 0) is 18.6 Å². The predicted molar refractivity (Wildman–Crippen MR) is 95.5 cm³/mol. The molecule has 7 heteroatoms. The maximum absolute atomic E-state index is 12.6. The lowest BCUT2D eigenvalue weighted by Gasteiger charge is -2.13. The van der Waals surface area contributed by atoms with Crippen molar-refractivity contribution in [3.05, 3.63) is 52.4 Å². The zero-order chi connectivity index (χ0) is 17.3. The Hall–Kier alpha value is -3.11. The highest BCUT2D eigenvalue weighted by atomic mass is 32.1. The molecule has 0 aliphatic carbocycles. The van der Waals surface area contributed by atoms with Crippen LogP contribution in [0.15, 0.2) is 36.4 Å². The molecule has 0 fully saturated rings. The summed E-state index contributed by atoms with van der Waals surface area (Å²) in [7, 11) is 0. The summed E-state index contributed by atoms with van der Waals surface area (Å²) < 4.78 is 0. The first kappa shape index (κ1) is 15.8. The summed E-state index contributed by atoms with van der Waals surface area (Å²) >= 11 is 1.16. The van der Waals surface area contributed by atoms with Gasteiger partial charge in [-0.25, -0.2) is 4.98 Å². The van der Waals surface area contributed by atoms with E-state index in [1.807, 2.05) is 43.3 Å². The van der Waals surface area contributed by atoms with Crippen molar-refractivity contribution in [2.45, 2.75) is 13.0 Å². The number of nitrogen functional groups attached to an aromatic ring is 2. The quantitative estimate of drug-likeness (QED) is 0.679. The van der Waals surface area contributed by atoms with Crippen LogP contribution in [-0.4, -0.2) is 10.9 Å². The fourth-order valence-electron chi connectivity index (χ4n) is 2.40. The molecule has 2 aromatic heterocycles. The summed E-state index contributed by atoms with van der Waals surface area (Å²) in [5.74, 6) is -0.139. The zero-order valence-corrected chi connectivity index (χ0v) is 13.7. The van der Waals surface area contributed by atoms with E-state index in [1.165, 1.54) is 0 Å². The van der Waals surface area contributed by atoms with Gasteiger partial charge in [-0.2, -0.15) is 5.26 Å². The monoisotopic (exact) mass is 337 g/mol. The number of pyridine rings is 1. The number of anilines is 2. The molecule has 0 spiro atoms. The topological polar surface area (TPSA) is 118 Å². The molecule has 0 aliphatic rings. The molecule has 3 aromatic rings. The first-order valence-electron chi connectivity index (χ1n) is 7.25. The van der Waals surface area contributed by atoms with Crippen LogP contribution in [-0.2, 0) is 0 Å². The number of fused-ring (bicyclic) bond motifs is 1. The number of hydrogen-bond donors (Lipinski definition) is 3. The second-order valence-corrected chi connectivity index (χ2v) is 6.34. The number of benzene rings is 1. The molecule has 0 bridgehead atoms. The van der Waals surface area contributed by atoms with E-state index < -0.39 is 0 Å². The largest absolute Gasteiger partial charge is 0.397 e. The number of thiophene rings is 1. The van der Waals surface area contributed by atoms with Crippen molar-refractivity contribution in [1.82, 2.24) is 10.3 Å². The molecule has 1 aromatic carbocycles. The SMILES string of the molecule is C[C@@H](NC(=O)c1sc2nc(N)c(C#N)cc2c1N)c1ccccc1. The highest BCUT2D eigenvalue weighted by Crippen LogP contribution is 2.34. The number of nitriles is 1. The van der Waals surface area contributed by atoms with Crippen LogP contribution in [0.3, 0.4) is 0 Å². The van der Waals surface area contributed by atoms with E-state index >= 15 is 0 Å². The van der Waals surface area contributed by atoms with Crippen molar-refractivity contribution in [2.75, 3.05) is 11.5 Å². The van der Waals surface area contributed by atoms with Gasteiger partial charge in [-0.3, -0.25) is 4.79 Å². The van der Waals surface area contributed by atoms with Crippen LogP contribution in [0.2, 0.25) is 0 Å². The fraction of sp³-hybridized carbons (Fsp3) is 0.118. The Kier molecular flexibility index (Phi) is 4.06. The summed E-state index contributed by atoms with van der Waals surface area (Å²) in [6.07, 6.45) is 0. The Balaban J connectivity index is 1.93. The molecule has 1 amide bonds. The summed E-state index contributed by atoms with van der Waals surface area (Å²) in [6.45, 7) is 1.90. The van der Waals surface area contributed by atoms with E-state index in [-0.39, 0.29) is 23.3 Å². The van der Waals surface area contributed by atoms with Crippen LogP contribution in [0, 0.1) is 11.3 Å². The third-order valence-electron chi connectivity index (χ3n) is 3.72. The summed E-state index contributed by atoms with van der Waals surface area (Å²) in [5.41, 5.74) is 13.4. The highest BCUT2D eigenvalue weighted by Gasteiger charge is 2.20. The smallest absolute Gasteiger partial charge is 0.264 e. The summed E-state index contributed by atoms with van der Waals surface area (Å²) in [4.78, 5) is 17.6. The minimum atomic E-state index is -0.274. The number of nitrogens with zero attached hydrogens (tertiary/aromatic N) is 2. The van der Waals surface area contributed by atoms with Crippen LogP contribution in [0.5, 0.6) is 0 Å². The van der Waals surface area contributed by atoms with Crippen molar-refractivity contribution in [2.24, 2.45) is 0 Å². The molecule has 0 saturated carbocycles. The number of carbonyl (C=O) groups excluding carboxylic acids is 1. The molecular weight excluding hydrogens is 322 g/mol. The second kappa shape index (κ2) is 6.18. The van der Waals surface area contributed by atoms with Crippen molar-refractivity contribution < 1.29 is 4.79 Å². The molecule has 1 atom stereocenters. The van der Waals surface area contributed by atoms with E-state index in [0.717, 1.165) is 16.9 Å². The van der Waals surface area contributed by atoms with Gasteiger partial charge in [0.25, 0.3) is 5.91 Å². The number of rotatable bonds is 3. The van der Waals surface area contributed by atoms with Gasteiger partial charge in [0.15, 0.2) is 0 Å². The average molecular weight is 337 g/mol. The Morgan fingerprint density at radius 2 is 2.04 bits per heavy atom. The number of nitrogens with two attached hydrogens (primary N) is 2.